The Labute approximate surface area is 89.3 Å². The number of nitrogens with one attached hydrogen (secondary N) is 1. The van der Waals surface area contributed by atoms with E-state index in [1.807, 2.05) is 6.07 Å². The highest BCUT2D eigenvalue weighted by atomic mass is 79.9. The van der Waals surface area contributed by atoms with Crippen LogP contribution in [0.4, 0.5) is 5.69 Å². The summed E-state index contributed by atoms with van der Waals surface area (Å²) < 4.78 is -1.11. The third kappa shape index (κ3) is 1.59. The van der Waals surface area contributed by atoms with Crippen LogP contribution in [-0.2, 0) is 4.51 Å². The van der Waals surface area contributed by atoms with Crippen molar-refractivity contribution in [3.8, 4) is 0 Å². The minimum atomic E-state index is -1.11. The fraction of sp³-hybridized carbons (Fsp3) is 0.111. The number of hydrogen-bond acceptors (Lipinski definition) is 2. The highest BCUT2D eigenvalue weighted by Gasteiger charge is 2.27. The van der Waals surface area contributed by atoms with Crippen molar-refractivity contribution >= 4 is 33.2 Å². The third-order valence-electron chi connectivity index (χ3n) is 1.90. The molecule has 2 N–H and O–H groups in total. The van der Waals surface area contributed by atoms with Gasteiger partial charge in [0.15, 0.2) is 4.51 Å². The zero-order chi connectivity index (χ0) is 9.47. The minimum Gasteiger partial charge on any atom is -0.371 e. The smallest absolute Gasteiger partial charge is 0.167 e. The van der Waals surface area contributed by atoms with E-state index in [1.54, 1.807) is 24.4 Å². The van der Waals surface area contributed by atoms with Gasteiger partial charge in [-0.3, -0.25) is 0 Å². The largest absolute Gasteiger partial charge is 0.371 e. The normalized spacial score (nSPS) is 25.2. The number of fused-ring (bicyclic) bond motifs is 1. The van der Waals surface area contributed by atoms with Gasteiger partial charge in [-0.05, 0) is 40.2 Å². The summed E-state index contributed by atoms with van der Waals surface area (Å²) in [5.41, 5.74) is 1.58. The SMILES string of the molecule is OC1(Br)C=CNc2ccc(Cl)cc21. The van der Waals surface area contributed by atoms with E-state index in [9.17, 15) is 5.11 Å². The number of benzene rings is 1. The van der Waals surface area contributed by atoms with Crippen LogP contribution in [0, 0.1) is 0 Å². The minimum absolute atomic E-state index is 0.605. The van der Waals surface area contributed by atoms with Crippen LogP contribution in [0.1, 0.15) is 5.56 Å². The van der Waals surface area contributed by atoms with Gasteiger partial charge < -0.3 is 10.4 Å². The number of aliphatic hydroxyl groups is 1. The zero-order valence-electron chi connectivity index (χ0n) is 6.59. The Hall–Kier alpha value is -0.510. The molecule has 0 fully saturated rings. The van der Waals surface area contributed by atoms with Crippen molar-refractivity contribution in [3.63, 3.8) is 0 Å². The molecule has 0 amide bonds. The van der Waals surface area contributed by atoms with Crippen molar-refractivity contribution in [2.24, 2.45) is 0 Å². The van der Waals surface area contributed by atoms with E-state index in [2.05, 4.69) is 21.2 Å². The van der Waals surface area contributed by atoms with Crippen molar-refractivity contribution < 1.29 is 5.11 Å². The maximum absolute atomic E-state index is 9.88. The van der Waals surface area contributed by atoms with E-state index < -0.39 is 4.51 Å². The second kappa shape index (κ2) is 3.01. The average Bonchev–Trinajstić information content (AvgIpc) is 2.06. The molecule has 1 heterocycles. The first-order chi connectivity index (χ1) is 6.09. The molecule has 0 saturated carbocycles. The molecule has 0 aromatic heterocycles. The van der Waals surface area contributed by atoms with E-state index in [4.69, 9.17) is 11.6 Å². The van der Waals surface area contributed by atoms with Crippen molar-refractivity contribution in [2.45, 2.75) is 4.51 Å². The van der Waals surface area contributed by atoms with Gasteiger partial charge in [0, 0.05) is 22.5 Å². The summed E-state index contributed by atoms with van der Waals surface area (Å²) in [5, 5.41) is 13.5. The van der Waals surface area contributed by atoms with Gasteiger partial charge in [0.05, 0.1) is 0 Å². The van der Waals surface area contributed by atoms with Gasteiger partial charge in [-0.15, -0.1) is 0 Å². The van der Waals surface area contributed by atoms with Gasteiger partial charge in [-0.1, -0.05) is 11.6 Å². The van der Waals surface area contributed by atoms with E-state index in [0.717, 1.165) is 11.3 Å². The lowest BCUT2D eigenvalue weighted by Crippen LogP contribution is -2.19. The second-order valence-corrected chi connectivity index (χ2v) is 4.49. The zero-order valence-corrected chi connectivity index (χ0v) is 8.93. The molecule has 2 rings (SSSR count). The third-order valence-corrected chi connectivity index (χ3v) is 2.83. The number of alkyl halides is 1. The molecule has 0 spiro atoms. The predicted molar refractivity (Wildman–Crippen MR) is 57.0 cm³/mol. The number of hydrogen-bond donors (Lipinski definition) is 2. The van der Waals surface area contributed by atoms with Gasteiger partial charge in [0.25, 0.3) is 0 Å². The van der Waals surface area contributed by atoms with Crippen molar-refractivity contribution in [1.82, 2.24) is 0 Å². The monoisotopic (exact) mass is 259 g/mol. The molecule has 1 aliphatic rings. The quantitative estimate of drug-likeness (QED) is 0.703. The van der Waals surface area contributed by atoms with E-state index in [0.29, 0.717) is 5.02 Å². The molecule has 0 radical (unpaired) electrons. The fourth-order valence-corrected chi connectivity index (χ4v) is 1.90. The van der Waals surface area contributed by atoms with Gasteiger partial charge in [-0.2, -0.15) is 0 Å². The maximum atomic E-state index is 9.88. The predicted octanol–water partition coefficient (Wildman–Crippen LogP) is 2.82. The van der Waals surface area contributed by atoms with Crippen LogP contribution in [0.2, 0.25) is 5.02 Å². The molecule has 68 valence electrons. The molecule has 13 heavy (non-hydrogen) atoms. The lowest BCUT2D eigenvalue weighted by Gasteiger charge is -2.25. The molecular weight excluding hydrogens is 253 g/mol. The molecule has 1 unspecified atom stereocenters. The first-order valence-electron chi connectivity index (χ1n) is 3.75. The molecule has 0 aliphatic carbocycles. The highest BCUT2D eigenvalue weighted by Crippen LogP contribution is 2.38. The Bertz CT molecular complexity index is 376. The van der Waals surface area contributed by atoms with Crippen LogP contribution in [0.5, 0.6) is 0 Å². The molecule has 0 saturated heterocycles. The second-order valence-electron chi connectivity index (χ2n) is 2.84. The van der Waals surface area contributed by atoms with Crippen LogP contribution >= 0.6 is 27.5 Å². The van der Waals surface area contributed by atoms with Crippen LogP contribution in [-0.4, -0.2) is 5.11 Å². The Morgan fingerprint density at radius 1 is 1.46 bits per heavy atom. The Morgan fingerprint density at radius 2 is 2.23 bits per heavy atom. The molecule has 1 aliphatic heterocycles. The summed E-state index contributed by atoms with van der Waals surface area (Å²) in [5.74, 6) is 0. The van der Waals surface area contributed by atoms with Crippen LogP contribution in [0.3, 0.4) is 0 Å². The molecule has 1 aromatic carbocycles. The van der Waals surface area contributed by atoms with Crippen molar-refractivity contribution in [1.29, 1.82) is 0 Å². The fourth-order valence-electron chi connectivity index (χ4n) is 1.26. The van der Waals surface area contributed by atoms with Crippen LogP contribution in [0.25, 0.3) is 0 Å². The average molecular weight is 261 g/mol. The lowest BCUT2D eigenvalue weighted by molar-refractivity contribution is 0.197. The molecule has 1 aromatic rings. The van der Waals surface area contributed by atoms with Gasteiger partial charge in [-0.25, -0.2) is 0 Å². The molecular formula is C9H7BrClNO. The Morgan fingerprint density at radius 3 is 3.00 bits per heavy atom. The summed E-state index contributed by atoms with van der Waals surface area (Å²) in [6.45, 7) is 0. The summed E-state index contributed by atoms with van der Waals surface area (Å²) >= 11 is 9.02. The maximum Gasteiger partial charge on any atom is 0.167 e. The molecule has 4 heteroatoms. The van der Waals surface area contributed by atoms with Gasteiger partial charge in [0.2, 0.25) is 0 Å². The number of halogens is 2. The van der Waals surface area contributed by atoms with Crippen molar-refractivity contribution in [3.05, 3.63) is 41.1 Å². The summed E-state index contributed by atoms with van der Waals surface area (Å²) in [4.78, 5) is 0. The topological polar surface area (TPSA) is 32.3 Å². The lowest BCUT2D eigenvalue weighted by atomic mass is 10.0. The molecule has 0 bridgehead atoms. The first-order valence-corrected chi connectivity index (χ1v) is 4.92. The molecule has 2 nitrogen and oxygen atoms in total. The summed E-state index contributed by atoms with van der Waals surface area (Å²) in [6, 6.07) is 5.32. The number of anilines is 1. The van der Waals surface area contributed by atoms with Gasteiger partial charge in [0.1, 0.15) is 0 Å². The molecule has 1 atom stereocenters. The van der Waals surface area contributed by atoms with Crippen LogP contribution < -0.4 is 5.32 Å². The van der Waals surface area contributed by atoms with Crippen molar-refractivity contribution in [2.75, 3.05) is 5.32 Å². The van der Waals surface area contributed by atoms with E-state index >= 15 is 0 Å². The van der Waals surface area contributed by atoms with Gasteiger partial charge >= 0.3 is 0 Å². The highest BCUT2D eigenvalue weighted by molar-refractivity contribution is 9.09. The summed E-state index contributed by atoms with van der Waals surface area (Å²) in [7, 11) is 0. The Kier molecular flexibility index (Phi) is 2.10. The standard InChI is InChI=1S/C9H7BrClNO/c10-9(13)3-4-12-8-2-1-6(11)5-7(8)9/h1-5,12-13H. The first kappa shape index (κ1) is 9.06. The number of rotatable bonds is 0. The van der Waals surface area contributed by atoms with E-state index in [-0.39, 0.29) is 0 Å². The Balaban J connectivity index is 2.60. The summed E-state index contributed by atoms with van der Waals surface area (Å²) in [6.07, 6.45) is 3.30. The van der Waals surface area contributed by atoms with E-state index in [1.165, 1.54) is 0 Å². The van der Waals surface area contributed by atoms with Crippen LogP contribution in [0.15, 0.2) is 30.5 Å².